The van der Waals surface area contributed by atoms with Gasteiger partial charge in [-0.1, -0.05) is 12.1 Å². The normalized spacial score (nSPS) is 18.0. The summed E-state index contributed by atoms with van der Waals surface area (Å²) in [5, 5.41) is 26.9. The molecule has 4 amide bonds. The summed E-state index contributed by atoms with van der Waals surface area (Å²) in [6.07, 6.45) is 7.05. The first-order valence-corrected chi connectivity index (χ1v) is 17.3. The lowest BCUT2D eigenvalue weighted by molar-refractivity contribution is -0.144. The number of carbonyl (C=O) groups is 4. The minimum Gasteiger partial charge on any atom is -0.436 e. The minimum absolute atomic E-state index is 0.336. The van der Waals surface area contributed by atoms with Crippen molar-refractivity contribution in [3.05, 3.63) is 115 Å². The number of amides is 4. The van der Waals surface area contributed by atoms with E-state index in [1.165, 1.54) is 22.2 Å². The van der Waals surface area contributed by atoms with Gasteiger partial charge in [-0.05, 0) is 86.3 Å². The molecule has 2 aliphatic rings. The summed E-state index contributed by atoms with van der Waals surface area (Å²) in [6, 6.07) is 19.1. The van der Waals surface area contributed by atoms with Gasteiger partial charge in [-0.3, -0.25) is 29.1 Å². The molecule has 5 aromatic rings. The molecule has 2 unspecified atom stereocenters. The summed E-state index contributed by atoms with van der Waals surface area (Å²) in [5.41, 5.74) is 3.23. The van der Waals surface area contributed by atoms with Gasteiger partial charge in [0, 0.05) is 71.5 Å². The van der Waals surface area contributed by atoms with E-state index in [1.807, 2.05) is 0 Å². The van der Waals surface area contributed by atoms with Crippen LogP contribution in [0, 0.1) is 0 Å². The lowest BCUT2D eigenvalue weighted by atomic mass is 10.1. The third kappa shape index (κ3) is 7.68. The van der Waals surface area contributed by atoms with Crippen LogP contribution < -0.4 is 10.6 Å². The van der Waals surface area contributed by atoms with Gasteiger partial charge < -0.3 is 35.1 Å². The van der Waals surface area contributed by atoms with Crippen LogP contribution in [-0.2, 0) is 19.2 Å². The molecule has 0 saturated carbocycles. The quantitative estimate of drug-likeness (QED) is 0.164. The third-order valence-electron chi connectivity index (χ3n) is 9.49. The Morgan fingerprint density at radius 1 is 0.660 bits per heavy atom. The topological polar surface area (TPSA) is 191 Å². The van der Waals surface area contributed by atoms with Crippen LogP contribution in [0.3, 0.4) is 0 Å². The Kier molecular flexibility index (Phi) is 10.3. The van der Waals surface area contributed by atoms with E-state index in [9.17, 15) is 29.4 Å². The first-order valence-electron chi connectivity index (χ1n) is 17.3. The number of likely N-dealkylation sites (tertiary alicyclic amines) is 2. The SMILES string of the molecule is O=C(Nc1ccc(-c2cnc(-c3ccc(NC(=O)[C@@H]4CCCN4C(=O)C(O)c4cccnc4)cc3)o2)cc1)[C@@H]1CCCN1C(=O)C(O)c1cccnc1. The predicted octanol–water partition coefficient (Wildman–Crippen LogP) is 4.12. The molecular weight excluding hydrogens is 678 g/mol. The second-order valence-electron chi connectivity index (χ2n) is 12.9. The second kappa shape index (κ2) is 15.6. The molecule has 53 heavy (non-hydrogen) atoms. The van der Waals surface area contributed by atoms with Gasteiger partial charge in [-0.15, -0.1) is 0 Å². The Balaban J connectivity index is 0.938. The number of aromatic nitrogens is 3. The fourth-order valence-corrected chi connectivity index (χ4v) is 6.69. The molecule has 2 fully saturated rings. The lowest BCUT2D eigenvalue weighted by Crippen LogP contribution is -2.45. The number of benzene rings is 2. The van der Waals surface area contributed by atoms with Gasteiger partial charge in [0.15, 0.2) is 18.0 Å². The Hall–Kier alpha value is -6.25. The van der Waals surface area contributed by atoms with Crippen molar-refractivity contribution in [1.82, 2.24) is 24.8 Å². The second-order valence-corrected chi connectivity index (χ2v) is 12.9. The van der Waals surface area contributed by atoms with Crippen LogP contribution in [0.5, 0.6) is 0 Å². The number of hydrogen-bond acceptors (Lipinski definition) is 10. The standard InChI is InChI=1S/C39H37N7O7/c47-33(26-5-1-17-40-21-26)38(51)45-19-3-7-30(45)35(49)43-28-13-9-24(10-14-28)32-23-42-37(53-32)25-11-15-29(16-12-25)44-36(50)31-8-4-20-46(31)39(52)34(48)27-6-2-18-41-22-27/h1-2,5-6,9-18,21-23,30-31,33-34,47-48H,3-4,7-8,19-20H2,(H,43,49)(H,44,50)/t30-,31-,33?,34?/m0/s1. The van der Waals surface area contributed by atoms with E-state index in [0.717, 1.165) is 5.56 Å². The molecule has 2 saturated heterocycles. The average Bonchev–Trinajstić information content (AvgIpc) is 4.00. The van der Waals surface area contributed by atoms with E-state index in [2.05, 4.69) is 25.6 Å². The van der Waals surface area contributed by atoms with Crippen molar-refractivity contribution >= 4 is 35.0 Å². The number of pyridine rings is 2. The highest BCUT2D eigenvalue weighted by Crippen LogP contribution is 2.30. The maximum atomic E-state index is 13.2. The van der Waals surface area contributed by atoms with Crippen LogP contribution in [0.15, 0.2) is 108 Å². The zero-order chi connectivity index (χ0) is 36.9. The fourth-order valence-electron chi connectivity index (χ4n) is 6.69. The number of anilines is 2. The Bertz CT molecular complexity index is 1930. The Morgan fingerprint density at radius 3 is 1.58 bits per heavy atom. The Morgan fingerprint density at radius 2 is 1.13 bits per heavy atom. The lowest BCUT2D eigenvalue weighted by Gasteiger charge is -2.26. The van der Waals surface area contributed by atoms with Crippen molar-refractivity contribution in [3.63, 3.8) is 0 Å². The first-order chi connectivity index (χ1) is 25.8. The van der Waals surface area contributed by atoms with Crippen LogP contribution in [0.25, 0.3) is 22.8 Å². The molecule has 0 radical (unpaired) electrons. The number of nitrogens with one attached hydrogen (secondary N) is 2. The number of rotatable bonds is 10. The number of aliphatic hydroxyl groups excluding tert-OH is 2. The van der Waals surface area contributed by atoms with E-state index in [0.29, 0.717) is 78.5 Å². The molecule has 4 atom stereocenters. The third-order valence-corrected chi connectivity index (χ3v) is 9.49. The smallest absolute Gasteiger partial charge is 0.256 e. The van der Waals surface area contributed by atoms with Gasteiger partial charge in [0.2, 0.25) is 17.7 Å². The average molecular weight is 716 g/mol. The zero-order valence-electron chi connectivity index (χ0n) is 28.5. The molecule has 14 heteroatoms. The van der Waals surface area contributed by atoms with Gasteiger partial charge in [-0.2, -0.15) is 0 Å². The summed E-state index contributed by atoms with van der Waals surface area (Å²) in [5.74, 6) is -0.868. The van der Waals surface area contributed by atoms with Crippen molar-refractivity contribution < 1.29 is 33.8 Å². The molecule has 5 heterocycles. The number of carbonyl (C=O) groups excluding carboxylic acids is 4. The predicted molar refractivity (Wildman–Crippen MR) is 192 cm³/mol. The summed E-state index contributed by atoms with van der Waals surface area (Å²) >= 11 is 0. The minimum atomic E-state index is -1.40. The highest BCUT2D eigenvalue weighted by atomic mass is 16.4. The summed E-state index contributed by atoms with van der Waals surface area (Å²) in [6.45, 7) is 0.748. The van der Waals surface area contributed by atoms with Gasteiger partial charge >= 0.3 is 0 Å². The molecule has 7 rings (SSSR count). The summed E-state index contributed by atoms with van der Waals surface area (Å²) < 4.78 is 6.03. The maximum absolute atomic E-state index is 13.2. The summed E-state index contributed by atoms with van der Waals surface area (Å²) in [4.78, 5) is 67.6. The highest BCUT2D eigenvalue weighted by molar-refractivity contribution is 5.99. The summed E-state index contributed by atoms with van der Waals surface area (Å²) in [7, 11) is 0. The van der Waals surface area contributed by atoms with Gasteiger partial charge in [0.1, 0.15) is 12.1 Å². The molecule has 0 spiro atoms. The van der Waals surface area contributed by atoms with Gasteiger partial charge in [0.25, 0.3) is 11.8 Å². The van der Waals surface area contributed by atoms with Crippen LogP contribution in [0.2, 0.25) is 0 Å². The number of oxazole rings is 1. The van der Waals surface area contributed by atoms with Crippen LogP contribution in [0.4, 0.5) is 11.4 Å². The van der Waals surface area contributed by atoms with E-state index in [-0.39, 0.29) is 11.8 Å². The van der Waals surface area contributed by atoms with Crippen molar-refractivity contribution in [3.8, 4) is 22.8 Å². The molecule has 14 nitrogen and oxygen atoms in total. The van der Waals surface area contributed by atoms with Crippen molar-refractivity contribution in [2.24, 2.45) is 0 Å². The van der Waals surface area contributed by atoms with Crippen molar-refractivity contribution in [1.29, 1.82) is 0 Å². The number of nitrogens with zero attached hydrogens (tertiary/aromatic N) is 5. The van der Waals surface area contributed by atoms with E-state index in [1.54, 1.807) is 91.4 Å². The molecule has 2 aliphatic heterocycles. The van der Waals surface area contributed by atoms with E-state index in [4.69, 9.17) is 4.42 Å². The van der Waals surface area contributed by atoms with Crippen molar-refractivity contribution in [2.75, 3.05) is 23.7 Å². The van der Waals surface area contributed by atoms with Crippen LogP contribution in [-0.4, -0.2) is 83.8 Å². The molecule has 3 aromatic heterocycles. The molecule has 0 bridgehead atoms. The molecule has 270 valence electrons. The maximum Gasteiger partial charge on any atom is 0.256 e. The van der Waals surface area contributed by atoms with Crippen molar-refractivity contribution in [2.45, 2.75) is 50.0 Å². The van der Waals surface area contributed by atoms with E-state index < -0.39 is 36.1 Å². The number of hydrogen-bond donors (Lipinski definition) is 4. The van der Waals surface area contributed by atoms with Crippen LogP contribution >= 0.6 is 0 Å². The Labute approximate surface area is 304 Å². The van der Waals surface area contributed by atoms with Crippen LogP contribution in [0.1, 0.15) is 49.0 Å². The largest absolute Gasteiger partial charge is 0.436 e. The fraction of sp³-hybridized carbons (Fsp3) is 0.256. The first kappa shape index (κ1) is 35.2. The number of aliphatic hydroxyl groups is 2. The van der Waals surface area contributed by atoms with E-state index >= 15 is 0 Å². The highest BCUT2D eigenvalue weighted by Gasteiger charge is 2.38. The molecule has 0 aliphatic carbocycles. The molecular formula is C39H37N7O7. The monoisotopic (exact) mass is 715 g/mol. The zero-order valence-corrected chi connectivity index (χ0v) is 28.5. The molecule has 4 N–H and O–H groups in total. The molecule has 2 aromatic carbocycles. The van der Waals surface area contributed by atoms with Gasteiger partial charge in [-0.25, -0.2) is 4.98 Å². The van der Waals surface area contributed by atoms with Gasteiger partial charge in [0.05, 0.1) is 6.20 Å².